The van der Waals surface area contributed by atoms with Crippen LogP contribution in [0.3, 0.4) is 0 Å². The van der Waals surface area contributed by atoms with Gasteiger partial charge in [0.2, 0.25) is 5.91 Å². The fraction of sp³-hybridized carbons (Fsp3) is 0.316. The first-order chi connectivity index (χ1) is 11.5. The lowest BCUT2D eigenvalue weighted by Crippen LogP contribution is -2.23. The Hall–Kier alpha value is -2.01. The summed E-state index contributed by atoms with van der Waals surface area (Å²) < 4.78 is 19.4. The smallest absolute Gasteiger partial charge is 0.237 e. The van der Waals surface area contributed by atoms with Crippen LogP contribution in [0.4, 0.5) is 10.1 Å². The number of para-hydroxylation sites is 2. The summed E-state index contributed by atoms with van der Waals surface area (Å²) >= 11 is 1.42. The van der Waals surface area contributed by atoms with Gasteiger partial charge in [-0.15, -0.1) is 11.8 Å². The molecule has 0 saturated heterocycles. The molecule has 2 atom stereocenters. The minimum atomic E-state index is -0.325. The molecule has 0 aliphatic rings. The van der Waals surface area contributed by atoms with E-state index in [0.29, 0.717) is 23.6 Å². The van der Waals surface area contributed by atoms with Crippen LogP contribution < -0.4 is 10.1 Å². The summed E-state index contributed by atoms with van der Waals surface area (Å²) in [6.07, 6.45) is 0. The second-order valence-electron chi connectivity index (χ2n) is 5.36. The maximum atomic E-state index is 13.8. The van der Waals surface area contributed by atoms with E-state index in [9.17, 15) is 9.18 Å². The van der Waals surface area contributed by atoms with Gasteiger partial charge in [0.15, 0.2) is 0 Å². The van der Waals surface area contributed by atoms with Crippen LogP contribution in [0.5, 0.6) is 5.75 Å². The lowest BCUT2D eigenvalue weighted by molar-refractivity contribution is -0.115. The molecule has 5 heteroatoms. The highest BCUT2D eigenvalue weighted by Crippen LogP contribution is 2.34. The number of nitrogens with one attached hydrogen (secondary N) is 1. The van der Waals surface area contributed by atoms with Crippen molar-refractivity contribution >= 4 is 23.4 Å². The lowest BCUT2D eigenvalue weighted by atomic mass is 10.1. The van der Waals surface area contributed by atoms with Crippen LogP contribution in [0.2, 0.25) is 0 Å². The van der Waals surface area contributed by atoms with E-state index >= 15 is 0 Å². The molecule has 2 aromatic rings. The van der Waals surface area contributed by atoms with E-state index in [4.69, 9.17) is 4.74 Å². The highest BCUT2D eigenvalue weighted by Gasteiger charge is 2.20. The molecule has 24 heavy (non-hydrogen) atoms. The molecule has 3 nitrogen and oxygen atoms in total. The third kappa shape index (κ3) is 4.74. The summed E-state index contributed by atoms with van der Waals surface area (Å²) in [6, 6.07) is 14.0. The Morgan fingerprint density at radius 1 is 1.17 bits per heavy atom. The summed E-state index contributed by atoms with van der Waals surface area (Å²) in [7, 11) is 0. The Kier molecular flexibility index (Phi) is 6.67. The molecule has 0 aliphatic heterocycles. The molecule has 1 N–H and O–H groups in total. The van der Waals surface area contributed by atoms with Crippen LogP contribution in [0.15, 0.2) is 48.5 Å². The molecule has 2 unspecified atom stereocenters. The van der Waals surface area contributed by atoms with Crippen LogP contribution in [0.1, 0.15) is 31.6 Å². The number of benzene rings is 2. The standard InChI is InChI=1S/C19H22FNO2S/c1-4-23-18-12-8-7-11-17(18)21-19(22)14(3)24-13(2)15-9-5-6-10-16(15)20/h5-14H,4H2,1-3H3,(H,21,22). The van der Waals surface area contributed by atoms with Crippen molar-refractivity contribution in [2.45, 2.75) is 31.3 Å². The van der Waals surface area contributed by atoms with Gasteiger partial charge in [-0.2, -0.15) is 0 Å². The number of carbonyl (C=O) groups excluding carboxylic acids is 1. The third-order valence-electron chi connectivity index (χ3n) is 3.57. The number of amides is 1. The molecule has 2 rings (SSSR count). The molecule has 0 spiro atoms. The van der Waals surface area contributed by atoms with E-state index in [1.165, 1.54) is 17.8 Å². The van der Waals surface area contributed by atoms with Crippen molar-refractivity contribution in [2.75, 3.05) is 11.9 Å². The maximum Gasteiger partial charge on any atom is 0.237 e. The average Bonchev–Trinajstić information content (AvgIpc) is 2.57. The number of hydrogen-bond donors (Lipinski definition) is 1. The van der Waals surface area contributed by atoms with Crippen molar-refractivity contribution in [3.63, 3.8) is 0 Å². The Morgan fingerprint density at radius 3 is 2.54 bits per heavy atom. The number of ether oxygens (including phenoxy) is 1. The Morgan fingerprint density at radius 2 is 1.83 bits per heavy atom. The fourth-order valence-electron chi connectivity index (χ4n) is 2.33. The van der Waals surface area contributed by atoms with E-state index in [1.54, 1.807) is 24.3 Å². The molecular formula is C19H22FNO2S. The summed E-state index contributed by atoms with van der Waals surface area (Å²) in [6.45, 7) is 6.15. The van der Waals surface area contributed by atoms with Crippen LogP contribution in [0, 0.1) is 5.82 Å². The van der Waals surface area contributed by atoms with Crippen LogP contribution in [0.25, 0.3) is 0 Å². The first-order valence-corrected chi connectivity index (χ1v) is 8.89. The zero-order valence-electron chi connectivity index (χ0n) is 14.1. The van der Waals surface area contributed by atoms with E-state index < -0.39 is 0 Å². The van der Waals surface area contributed by atoms with Gasteiger partial charge in [-0.3, -0.25) is 4.79 Å². The monoisotopic (exact) mass is 347 g/mol. The molecule has 1 amide bonds. The lowest BCUT2D eigenvalue weighted by Gasteiger charge is -2.18. The zero-order valence-corrected chi connectivity index (χ0v) is 14.9. The van der Waals surface area contributed by atoms with Gasteiger partial charge in [0.1, 0.15) is 11.6 Å². The van der Waals surface area contributed by atoms with E-state index in [0.717, 1.165) is 0 Å². The van der Waals surface area contributed by atoms with Gasteiger partial charge in [-0.05, 0) is 39.0 Å². The fourth-order valence-corrected chi connectivity index (χ4v) is 3.46. The quantitative estimate of drug-likeness (QED) is 0.762. The highest BCUT2D eigenvalue weighted by molar-refractivity contribution is 8.00. The largest absolute Gasteiger partial charge is 0.492 e. The summed E-state index contributed by atoms with van der Waals surface area (Å²) in [5, 5.41) is 2.45. The van der Waals surface area contributed by atoms with Crippen molar-refractivity contribution in [3.05, 3.63) is 59.9 Å². The van der Waals surface area contributed by atoms with Crippen molar-refractivity contribution in [1.82, 2.24) is 0 Å². The Balaban J connectivity index is 2.01. The van der Waals surface area contributed by atoms with E-state index in [-0.39, 0.29) is 22.2 Å². The normalized spacial score (nSPS) is 13.2. The van der Waals surface area contributed by atoms with Gasteiger partial charge in [0.25, 0.3) is 0 Å². The van der Waals surface area contributed by atoms with Gasteiger partial charge >= 0.3 is 0 Å². The van der Waals surface area contributed by atoms with Gasteiger partial charge in [-0.1, -0.05) is 30.3 Å². The van der Waals surface area contributed by atoms with Crippen molar-refractivity contribution in [1.29, 1.82) is 0 Å². The number of hydrogen-bond acceptors (Lipinski definition) is 3. The number of thioether (sulfide) groups is 1. The number of anilines is 1. The molecule has 0 heterocycles. The first kappa shape index (κ1) is 18.3. The number of halogens is 1. The summed E-state index contributed by atoms with van der Waals surface area (Å²) in [4.78, 5) is 12.4. The van der Waals surface area contributed by atoms with Gasteiger partial charge < -0.3 is 10.1 Å². The highest BCUT2D eigenvalue weighted by atomic mass is 32.2. The topological polar surface area (TPSA) is 38.3 Å². The van der Waals surface area contributed by atoms with Crippen LogP contribution in [-0.4, -0.2) is 17.8 Å². The van der Waals surface area contributed by atoms with Crippen LogP contribution >= 0.6 is 11.8 Å². The number of carbonyl (C=O) groups is 1. The average molecular weight is 347 g/mol. The molecular weight excluding hydrogens is 325 g/mol. The van der Waals surface area contributed by atoms with Crippen molar-refractivity contribution < 1.29 is 13.9 Å². The SMILES string of the molecule is CCOc1ccccc1NC(=O)C(C)SC(C)c1ccccc1F. The van der Waals surface area contributed by atoms with Gasteiger partial charge in [0.05, 0.1) is 17.5 Å². The molecule has 0 aromatic heterocycles. The molecule has 0 fully saturated rings. The van der Waals surface area contributed by atoms with Crippen molar-refractivity contribution in [2.24, 2.45) is 0 Å². The molecule has 128 valence electrons. The van der Waals surface area contributed by atoms with Gasteiger partial charge in [0, 0.05) is 10.8 Å². The number of rotatable bonds is 7. The van der Waals surface area contributed by atoms with Crippen molar-refractivity contribution in [3.8, 4) is 5.75 Å². The summed E-state index contributed by atoms with van der Waals surface area (Å²) in [5.41, 5.74) is 1.26. The molecule has 0 radical (unpaired) electrons. The maximum absolute atomic E-state index is 13.8. The van der Waals surface area contributed by atoms with E-state index in [1.807, 2.05) is 39.0 Å². The molecule has 0 saturated carbocycles. The second-order valence-corrected chi connectivity index (χ2v) is 7.05. The first-order valence-electron chi connectivity index (χ1n) is 7.95. The molecule has 0 bridgehead atoms. The predicted molar refractivity (Wildman–Crippen MR) is 98.1 cm³/mol. The predicted octanol–water partition coefficient (Wildman–Crippen LogP) is 5.05. The second kappa shape index (κ2) is 8.73. The Labute approximate surface area is 146 Å². The summed E-state index contributed by atoms with van der Waals surface area (Å²) in [5.74, 6) is 0.273. The zero-order chi connectivity index (χ0) is 17.5. The molecule has 0 aliphatic carbocycles. The minimum Gasteiger partial charge on any atom is -0.492 e. The van der Waals surface area contributed by atoms with E-state index in [2.05, 4.69) is 5.32 Å². The van der Waals surface area contributed by atoms with Gasteiger partial charge in [-0.25, -0.2) is 4.39 Å². The van der Waals surface area contributed by atoms with Crippen LogP contribution in [-0.2, 0) is 4.79 Å². The molecule has 2 aromatic carbocycles. The minimum absolute atomic E-state index is 0.117. The third-order valence-corrected chi connectivity index (χ3v) is 4.85. The Bertz CT molecular complexity index is 693.